The van der Waals surface area contributed by atoms with Gasteiger partial charge in [0.1, 0.15) is 11.8 Å². The largest absolute Gasteiger partial charge is 0.437 e. The van der Waals surface area contributed by atoms with Crippen LogP contribution < -0.4 is 10.1 Å². The van der Waals surface area contributed by atoms with Gasteiger partial charge in [-0.15, -0.1) is 0 Å². The number of pyridine rings is 2. The number of aryl methyl sites for hydroxylation is 1. The zero-order valence-electron chi connectivity index (χ0n) is 15.3. The molecule has 0 radical (unpaired) electrons. The molecule has 1 atom stereocenters. The van der Waals surface area contributed by atoms with E-state index in [-0.39, 0.29) is 12.5 Å². The molecule has 2 aromatic heterocycles. The molecule has 1 saturated heterocycles. The summed E-state index contributed by atoms with van der Waals surface area (Å²) in [4.78, 5) is 20.9. The number of nitrogens with one attached hydrogen (secondary N) is 1. The van der Waals surface area contributed by atoms with E-state index in [2.05, 4.69) is 15.3 Å². The van der Waals surface area contributed by atoms with Gasteiger partial charge < -0.3 is 10.1 Å². The Morgan fingerprint density at radius 2 is 2.15 bits per heavy atom. The molecule has 3 heterocycles. The van der Waals surface area contributed by atoms with Gasteiger partial charge in [-0.3, -0.25) is 9.78 Å². The third-order valence-electron chi connectivity index (χ3n) is 4.33. The molecule has 144 valence electrons. The molecule has 9 heteroatoms. The standard InChI is InChI=1S/C18H22N4O4S/c1-13-7-8-15(12-20-13)26-18-14(5-3-9-19-18)11-21-17(23)16-6-4-10-22(16)27(2,24)25/h3,5,7-9,12,16H,4,6,10-11H2,1-2H3,(H,21,23). The minimum atomic E-state index is -3.40. The van der Waals surface area contributed by atoms with E-state index >= 15 is 0 Å². The first-order valence-corrected chi connectivity index (χ1v) is 10.5. The molecule has 27 heavy (non-hydrogen) atoms. The second kappa shape index (κ2) is 8.01. The lowest BCUT2D eigenvalue weighted by molar-refractivity contribution is -0.124. The van der Waals surface area contributed by atoms with Gasteiger partial charge in [0.05, 0.1) is 12.5 Å². The van der Waals surface area contributed by atoms with Gasteiger partial charge >= 0.3 is 0 Å². The summed E-state index contributed by atoms with van der Waals surface area (Å²) in [5.74, 6) is 0.602. The van der Waals surface area contributed by atoms with Crippen molar-refractivity contribution in [2.75, 3.05) is 12.8 Å². The van der Waals surface area contributed by atoms with Gasteiger partial charge in [-0.25, -0.2) is 13.4 Å². The Balaban J connectivity index is 1.68. The number of hydrogen-bond donors (Lipinski definition) is 1. The van der Waals surface area contributed by atoms with Crippen LogP contribution in [0.5, 0.6) is 11.6 Å². The second-order valence-corrected chi connectivity index (χ2v) is 8.39. The van der Waals surface area contributed by atoms with Gasteiger partial charge in [0.15, 0.2) is 0 Å². The maximum Gasteiger partial charge on any atom is 0.238 e. The Bertz CT molecular complexity index is 915. The molecule has 1 fully saturated rings. The van der Waals surface area contributed by atoms with Crippen molar-refractivity contribution in [2.45, 2.75) is 32.4 Å². The van der Waals surface area contributed by atoms with Crippen LogP contribution in [0, 0.1) is 6.92 Å². The monoisotopic (exact) mass is 390 g/mol. The fourth-order valence-electron chi connectivity index (χ4n) is 2.98. The predicted molar refractivity (Wildman–Crippen MR) is 99.7 cm³/mol. The van der Waals surface area contributed by atoms with Gasteiger partial charge in [0, 0.05) is 30.5 Å². The fraction of sp³-hybridized carbons (Fsp3) is 0.389. The number of hydrogen-bond acceptors (Lipinski definition) is 6. The first kappa shape index (κ1) is 19.2. The summed E-state index contributed by atoms with van der Waals surface area (Å²) >= 11 is 0. The zero-order chi connectivity index (χ0) is 19.4. The molecule has 0 bridgehead atoms. The number of carbonyl (C=O) groups is 1. The summed E-state index contributed by atoms with van der Waals surface area (Å²) < 4.78 is 30.6. The number of nitrogens with zero attached hydrogens (tertiary/aromatic N) is 3. The Kier molecular flexibility index (Phi) is 5.71. The molecule has 0 aliphatic carbocycles. The van der Waals surface area contributed by atoms with Crippen LogP contribution >= 0.6 is 0 Å². The Hall–Kier alpha value is -2.52. The van der Waals surface area contributed by atoms with Crippen molar-refractivity contribution in [1.82, 2.24) is 19.6 Å². The summed E-state index contributed by atoms with van der Waals surface area (Å²) in [6.07, 6.45) is 5.53. The maximum atomic E-state index is 12.5. The molecule has 1 N–H and O–H groups in total. The molecule has 0 saturated carbocycles. The number of sulfonamides is 1. The number of carbonyl (C=O) groups excluding carboxylic acids is 1. The Labute approximate surface area is 158 Å². The van der Waals surface area contributed by atoms with Crippen LogP contribution in [0.15, 0.2) is 36.7 Å². The van der Waals surface area contributed by atoms with Crippen molar-refractivity contribution in [2.24, 2.45) is 0 Å². The minimum absolute atomic E-state index is 0.190. The van der Waals surface area contributed by atoms with Crippen LogP contribution in [0.2, 0.25) is 0 Å². The van der Waals surface area contributed by atoms with Crippen molar-refractivity contribution in [1.29, 1.82) is 0 Å². The predicted octanol–water partition coefficient (Wildman–Crippen LogP) is 1.62. The van der Waals surface area contributed by atoms with E-state index in [1.54, 1.807) is 30.6 Å². The van der Waals surface area contributed by atoms with Crippen molar-refractivity contribution >= 4 is 15.9 Å². The third kappa shape index (κ3) is 4.81. The average Bonchev–Trinajstić information content (AvgIpc) is 3.13. The molecule has 2 aromatic rings. The first-order chi connectivity index (χ1) is 12.8. The van der Waals surface area contributed by atoms with Gasteiger partial charge in [-0.05, 0) is 38.0 Å². The maximum absolute atomic E-state index is 12.5. The summed E-state index contributed by atoms with van der Waals surface area (Å²) in [7, 11) is -3.40. The highest BCUT2D eigenvalue weighted by Crippen LogP contribution is 2.23. The van der Waals surface area contributed by atoms with Crippen molar-refractivity contribution in [3.63, 3.8) is 0 Å². The lowest BCUT2D eigenvalue weighted by Gasteiger charge is -2.21. The lowest BCUT2D eigenvalue weighted by Crippen LogP contribution is -2.45. The highest BCUT2D eigenvalue weighted by Gasteiger charge is 2.36. The van der Waals surface area contributed by atoms with Crippen LogP contribution in [0.25, 0.3) is 0 Å². The number of rotatable bonds is 6. The van der Waals surface area contributed by atoms with E-state index in [9.17, 15) is 13.2 Å². The number of aromatic nitrogens is 2. The third-order valence-corrected chi connectivity index (χ3v) is 5.62. The molecule has 0 aromatic carbocycles. The van der Waals surface area contributed by atoms with Crippen molar-refractivity contribution < 1.29 is 17.9 Å². The highest BCUT2D eigenvalue weighted by atomic mass is 32.2. The van der Waals surface area contributed by atoms with E-state index in [4.69, 9.17) is 4.74 Å². The average molecular weight is 390 g/mol. The van der Waals surface area contributed by atoms with E-state index in [1.807, 2.05) is 13.0 Å². The molecular formula is C18H22N4O4S. The van der Waals surface area contributed by atoms with E-state index in [1.165, 1.54) is 4.31 Å². The number of amides is 1. The SMILES string of the molecule is Cc1ccc(Oc2ncccc2CNC(=O)C2CCCN2S(C)(=O)=O)cn1. The zero-order valence-corrected chi connectivity index (χ0v) is 16.1. The first-order valence-electron chi connectivity index (χ1n) is 8.63. The summed E-state index contributed by atoms with van der Waals surface area (Å²) in [6.45, 7) is 2.45. The summed E-state index contributed by atoms with van der Waals surface area (Å²) in [5, 5.41) is 2.80. The van der Waals surface area contributed by atoms with Crippen LogP contribution in [0.4, 0.5) is 0 Å². The van der Waals surface area contributed by atoms with Gasteiger partial charge in [-0.1, -0.05) is 6.07 Å². The van der Waals surface area contributed by atoms with Gasteiger partial charge in [0.2, 0.25) is 21.8 Å². The molecule has 3 rings (SSSR count). The van der Waals surface area contributed by atoms with Crippen LogP contribution in [-0.2, 0) is 21.4 Å². The van der Waals surface area contributed by atoms with Crippen LogP contribution in [-0.4, -0.2) is 47.4 Å². The molecule has 0 spiro atoms. The normalized spacial score (nSPS) is 17.6. The van der Waals surface area contributed by atoms with Crippen molar-refractivity contribution in [3.05, 3.63) is 47.9 Å². The van der Waals surface area contributed by atoms with E-state index in [0.29, 0.717) is 36.6 Å². The van der Waals surface area contributed by atoms with Crippen LogP contribution in [0.1, 0.15) is 24.1 Å². The topological polar surface area (TPSA) is 101 Å². The summed E-state index contributed by atoms with van der Waals surface area (Å²) in [6, 6.07) is 6.51. The molecule has 1 aliphatic heterocycles. The van der Waals surface area contributed by atoms with Crippen LogP contribution in [0.3, 0.4) is 0 Å². The van der Waals surface area contributed by atoms with Crippen molar-refractivity contribution in [3.8, 4) is 11.6 Å². The van der Waals surface area contributed by atoms with E-state index in [0.717, 1.165) is 11.9 Å². The molecular weight excluding hydrogens is 368 g/mol. The minimum Gasteiger partial charge on any atom is -0.437 e. The van der Waals surface area contributed by atoms with E-state index < -0.39 is 16.1 Å². The van der Waals surface area contributed by atoms with Gasteiger partial charge in [0.25, 0.3) is 0 Å². The lowest BCUT2D eigenvalue weighted by atomic mass is 10.2. The fourth-order valence-corrected chi connectivity index (χ4v) is 4.10. The Morgan fingerprint density at radius 3 is 2.85 bits per heavy atom. The molecule has 8 nitrogen and oxygen atoms in total. The second-order valence-electron chi connectivity index (χ2n) is 6.45. The highest BCUT2D eigenvalue weighted by molar-refractivity contribution is 7.88. The Morgan fingerprint density at radius 1 is 1.33 bits per heavy atom. The molecule has 1 unspecified atom stereocenters. The number of ether oxygens (including phenoxy) is 1. The quantitative estimate of drug-likeness (QED) is 0.804. The molecule has 1 aliphatic rings. The summed E-state index contributed by atoms with van der Waals surface area (Å²) in [5.41, 5.74) is 1.57. The molecule has 1 amide bonds. The van der Waals surface area contributed by atoms with Gasteiger partial charge in [-0.2, -0.15) is 4.31 Å². The smallest absolute Gasteiger partial charge is 0.238 e.